The lowest BCUT2D eigenvalue weighted by molar-refractivity contribution is -0.121. The molecule has 6 rings (SSSR count). The van der Waals surface area contributed by atoms with Crippen LogP contribution in [-0.4, -0.2) is 52.8 Å². The molecule has 1 amide bonds. The summed E-state index contributed by atoms with van der Waals surface area (Å²) in [6.07, 6.45) is 1.78. The van der Waals surface area contributed by atoms with Gasteiger partial charge in [0.05, 0.1) is 26.7 Å². The van der Waals surface area contributed by atoms with Gasteiger partial charge >= 0.3 is 0 Å². The van der Waals surface area contributed by atoms with E-state index in [0.29, 0.717) is 36.3 Å². The molecule has 9 nitrogen and oxygen atoms in total. The molecule has 40 heavy (non-hydrogen) atoms. The summed E-state index contributed by atoms with van der Waals surface area (Å²) in [5.74, 6) is 2.17. The second-order valence-corrected chi connectivity index (χ2v) is 10.1. The smallest absolute Gasteiger partial charge is 0.241 e. The summed E-state index contributed by atoms with van der Waals surface area (Å²) in [6.45, 7) is 5.05. The molecule has 1 aliphatic rings. The summed E-state index contributed by atoms with van der Waals surface area (Å²) in [4.78, 5) is 20.1. The highest BCUT2D eigenvalue weighted by molar-refractivity contribution is 6.09. The number of nitrogens with zero attached hydrogens (tertiary/aromatic N) is 4. The Kier molecular flexibility index (Phi) is 7.13. The van der Waals surface area contributed by atoms with Gasteiger partial charge < -0.3 is 23.9 Å². The van der Waals surface area contributed by atoms with E-state index in [0.717, 1.165) is 42.6 Å². The average molecular weight is 540 g/mol. The molecule has 0 radical (unpaired) electrons. The number of carbonyl (C=O) groups is 1. The van der Waals surface area contributed by atoms with Crippen molar-refractivity contribution in [3.05, 3.63) is 66.6 Å². The molecule has 0 bridgehead atoms. The van der Waals surface area contributed by atoms with Crippen molar-refractivity contribution in [3.63, 3.8) is 0 Å². The fraction of sp³-hybridized carbons (Fsp3) is 0.323. The SMILES string of the molecule is CCn1c2ccccc2c2cc(NC(=O)C3CCCN(Cc4nc(-c5ccc(OC)c(OC)c5)no4)C3)ccc21. The Morgan fingerprint density at radius 2 is 1.85 bits per heavy atom. The summed E-state index contributed by atoms with van der Waals surface area (Å²) in [7, 11) is 3.19. The molecule has 2 aromatic heterocycles. The van der Waals surface area contributed by atoms with E-state index in [1.165, 1.54) is 16.4 Å². The molecule has 0 aliphatic carbocycles. The number of nitrogens with one attached hydrogen (secondary N) is 1. The van der Waals surface area contributed by atoms with Gasteiger partial charge in [-0.25, -0.2) is 0 Å². The Labute approximate surface area is 232 Å². The van der Waals surface area contributed by atoms with Crippen LogP contribution in [0.5, 0.6) is 11.5 Å². The summed E-state index contributed by atoms with van der Waals surface area (Å²) in [5.41, 5.74) is 3.99. The van der Waals surface area contributed by atoms with Crippen molar-refractivity contribution in [2.45, 2.75) is 32.9 Å². The first-order valence-corrected chi connectivity index (χ1v) is 13.7. The van der Waals surface area contributed by atoms with Crippen LogP contribution in [0.4, 0.5) is 5.69 Å². The van der Waals surface area contributed by atoms with Crippen LogP contribution in [0.1, 0.15) is 25.7 Å². The van der Waals surface area contributed by atoms with Crippen molar-refractivity contribution in [1.82, 2.24) is 19.6 Å². The van der Waals surface area contributed by atoms with Crippen LogP contribution in [0, 0.1) is 5.92 Å². The van der Waals surface area contributed by atoms with Gasteiger partial charge in [-0.15, -0.1) is 0 Å². The number of hydrogen-bond acceptors (Lipinski definition) is 7. The molecule has 1 N–H and O–H groups in total. The lowest BCUT2D eigenvalue weighted by Crippen LogP contribution is -2.40. The zero-order valence-corrected chi connectivity index (χ0v) is 23.0. The van der Waals surface area contributed by atoms with Crippen LogP contribution in [-0.2, 0) is 17.9 Å². The zero-order valence-electron chi connectivity index (χ0n) is 23.0. The fourth-order valence-corrected chi connectivity index (χ4v) is 5.73. The normalized spacial score (nSPS) is 15.9. The van der Waals surface area contributed by atoms with Gasteiger partial charge in [0.2, 0.25) is 17.6 Å². The van der Waals surface area contributed by atoms with Crippen LogP contribution < -0.4 is 14.8 Å². The number of aromatic nitrogens is 3. The topological polar surface area (TPSA) is 94.7 Å². The van der Waals surface area contributed by atoms with Crippen LogP contribution in [0.2, 0.25) is 0 Å². The molecule has 3 heterocycles. The third-order valence-electron chi connectivity index (χ3n) is 7.70. The third kappa shape index (κ3) is 4.88. The standard InChI is InChI=1S/C31H33N5O4/c1-4-36-25-10-6-5-9-23(25)24-17-22(12-13-26(24)36)32-31(37)21-8-7-15-35(18-21)19-29-33-30(34-40-29)20-11-14-27(38-2)28(16-20)39-3/h5-6,9-14,16-17,21H,4,7-8,15,18-19H2,1-3H3,(H,32,37). The van der Waals surface area contributed by atoms with Crippen molar-refractivity contribution in [3.8, 4) is 22.9 Å². The maximum absolute atomic E-state index is 13.3. The van der Waals surface area contributed by atoms with E-state index in [9.17, 15) is 4.79 Å². The highest BCUT2D eigenvalue weighted by atomic mass is 16.5. The zero-order chi connectivity index (χ0) is 27.6. The van der Waals surface area contributed by atoms with E-state index < -0.39 is 0 Å². The van der Waals surface area contributed by atoms with Crippen LogP contribution in [0.15, 0.2) is 65.2 Å². The largest absolute Gasteiger partial charge is 0.493 e. The van der Waals surface area contributed by atoms with E-state index in [2.05, 4.69) is 68.2 Å². The number of carbonyl (C=O) groups excluding carboxylic acids is 1. The second kappa shape index (κ2) is 11.0. The summed E-state index contributed by atoms with van der Waals surface area (Å²) in [6, 6.07) is 20.1. The number of anilines is 1. The molecule has 0 saturated carbocycles. The van der Waals surface area contributed by atoms with E-state index in [1.807, 2.05) is 24.3 Å². The van der Waals surface area contributed by atoms with Crippen molar-refractivity contribution >= 4 is 33.4 Å². The van der Waals surface area contributed by atoms with Crippen molar-refractivity contribution in [2.24, 2.45) is 5.92 Å². The molecule has 3 aromatic carbocycles. The molecule has 0 spiro atoms. The minimum atomic E-state index is -0.116. The number of ether oxygens (including phenoxy) is 2. The minimum absolute atomic E-state index is 0.0415. The molecule has 1 atom stereocenters. The molecule has 1 unspecified atom stereocenters. The number of amides is 1. The van der Waals surface area contributed by atoms with Crippen molar-refractivity contribution in [1.29, 1.82) is 0 Å². The Balaban J connectivity index is 1.13. The highest BCUT2D eigenvalue weighted by Gasteiger charge is 2.27. The monoisotopic (exact) mass is 539 g/mol. The van der Waals surface area contributed by atoms with E-state index >= 15 is 0 Å². The first-order valence-electron chi connectivity index (χ1n) is 13.7. The molecule has 9 heteroatoms. The minimum Gasteiger partial charge on any atom is -0.493 e. The summed E-state index contributed by atoms with van der Waals surface area (Å²) < 4.78 is 18.6. The first-order chi connectivity index (χ1) is 19.6. The maximum atomic E-state index is 13.3. The van der Waals surface area contributed by atoms with E-state index in [1.54, 1.807) is 14.2 Å². The number of aryl methyl sites for hydroxylation is 1. The number of hydrogen-bond donors (Lipinski definition) is 1. The average Bonchev–Trinajstić information content (AvgIpc) is 3.59. The molecule has 5 aromatic rings. The molecule has 1 saturated heterocycles. The number of methoxy groups -OCH3 is 2. The predicted octanol–water partition coefficient (Wildman–Crippen LogP) is 5.73. The molecular formula is C31H33N5O4. The Bertz CT molecular complexity index is 1670. The van der Waals surface area contributed by atoms with Gasteiger partial charge in [0.25, 0.3) is 0 Å². The third-order valence-corrected chi connectivity index (χ3v) is 7.70. The van der Waals surface area contributed by atoms with Crippen molar-refractivity contribution in [2.75, 3.05) is 32.6 Å². The Hall–Kier alpha value is -4.37. The van der Waals surface area contributed by atoms with Gasteiger partial charge in [-0.2, -0.15) is 4.98 Å². The lowest BCUT2D eigenvalue weighted by Gasteiger charge is -2.30. The Morgan fingerprint density at radius 1 is 1.02 bits per heavy atom. The first kappa shape index (κ1) is 25.9. The van der Waals surface area contributed by atoms with Crippen molar-refractivity contribution < 1.29 is 18.8 Å². The maximum Gasteiger partial charge on any atom is 0.241 e. The van der Waals surface area contributed by atoms with Gasteiger partial charge in [0.15, 0.2) is 11.5 Å². The van der Waals surface area contributed by atoms with Crippen LogP contribution in [0.25, 0.3) is 33.2 Å². The number of benzene rings is 3. The number of fused-ring (bicyclic) bond motifs is 3. The lowest BCUT2D eigenvalue weighted by atomic mass is 9.97. The van der Waals surface area contributed by atoms with Gasteiger partial charge in [-0.1, -0.05) is 23.4 Å². The number of para-hydroxylation sites is 1. The molecular weight excluding hydrogens is 506 g/mol. The number of piperidine rings is 1. The molecule has 1 aliphatic heterocycles. The number of likely N-dealkylation sites (tertiary alicyclic amines) is 1. The molecule has 1 fully saturated rings. The van der Waals surface area contributed by atoms with Gasteiger partial charge in [-0.05, 0) is 68.8 Å². The quantitative estimate of drug-likeness (QED) is 0.269. The van der Waals surface area contributed by atoms with Gasteiger partial charge in [0.1, 0.15) is 0 Å². The van der Waals surface area contributed by atoms with E-state index in [-0.39, 0.29) is 11.8 Å². The van der Waals surface area contributed by atoms with Gasteiger partial charge in [-0.3, -0.25) is 9.69 Å². The van der Waals surface area contributed by atoms with Gasteiger partial charge in [0, 0.05) is 46.1 Å². The van der Waals surface area contributed by atoms with Crippen LogP contribution in [0.3, 0.4) is 0 Å². The highest BCUT2D eigenvalue weighted by Crippen LogP contribution is 2.33. The second-order valence-electron chi connectivity index (χ2n) is 10.1. The fourth-order valence-electron chi connectivity index (χ4n) is 5.73. The van der Waals surface area contributed by atoms with E-state index in [4.69, 9.17) is 14.0 Å². The summed E-state index contributed by atoms with van der Waals surface area (Å²) >= 11 is 0. The Morgan fingerprint density at radius 3 is 2.67 bits per heavy atom. The number of rotatable bonds is 8. The van der Waals surface area contributed by atoms with Crippen LogP contribution >= 0.6 is 0 Å². The molecule has 206 valence electrons. The predicted molar refractivity (Wildman–Crippen MR) is 155 cm³/mol. The summed E-state index contributed by atoms with van der Waals surface area (Å²) in [5, 5.41) is 9.69.